The molecule has 7 nitrogen and oxygen atoms in total. The highest BCUT2D eigenvalue weighted by Gasteiger charge is 2.27. The van der Waals surface area contributed by atoms with Gasteiger partial charge in [-0.15, -0.1) is 0 Å². The van der Waals surface area contributed by atoms with Crippen LogP contribution in [0.4, 0.5) is 0 Å². The third kappa shape index (κ3) is 6.27. The molecule has 1 aromatic carbocycles. The SMILES string of the molecule is COC(=O)C1CCN(C(=NCCc2ccco2)NCCc2ccc(OC)cc2)CC1. The maximum absolute atomic E-state index is 11.8. The molecule has 0 amide bonds. The fraction of sp³-hybridized carbons (Fsp3) is 0.478. The van der Waals surface area contributed by atoms with Crippen LogP contribution in [0.1, 0.15) is 24.2 Å². The quantitative estimate of drug-likeness (QED) is 0.407. The zero-order valence-electron chi connectivity index (χ0n) is 17.8. The van der Waals surface area contributed by atoms with E-state index in [1.54, 1.807) is 13.4 Å². The molecule has 1 fully saturated rings. The van der Waals surface area contributed by atoms with Crippen molar-refractivity contribution < 1.29 is 18.7 Å². The summed E-state index contributed by atoms with van der Waals surface area (Å²) in [5.41, 5.74) is 1.24. The van der Waals surface area contributed by atoms with E-state index in [9.17, 15) is 4.79 Å². The van der Waals surface area contributed by atoms with Crippen molar-refractivity contribution in [3.05, 3.63) is 54.0 Å². The van der Waals surface area contributed by atoms with Gasteiger partial charge < -0.3 is 24.1 Å². The number of benzene rings is 1. The number of rotatable bonds is 8. The first-order valence-corrected chi connectivity index (χ1v) is 10.5. The number of likely N-dealkylation sites (tertiary alicyclic amines) is 1. The molecule has 0 saturated carbocycles. The minimum absolute atomic E-state index is 0.0186. The molecular weight excluding hydrogens is 382 g/mol. The minimum Gasteiger partial charge on any atom is -0.497 e. The lowest BCUT2D eigenvalue weighted by molar-refractivity contribution is -0.146. The van der Waals surface area contributed by atoms with E-state index in [-0.39, 0.29) is 11.9 Å². The molecule has 1 aliphatic rings. The Morgan fingerprint density at radius 2 is 1.93 bits per heavy atom. The zero-order chi connectivity index (χ0) is 21.2. The summed E-state index contributed by atoms with van der Waals surface area (Å²) >= 11 is 0. The number of ether oxygens (including phenoxy) is 2. The van der Waals surface area contributed by atoms with E-state index in [1.807, 2.05) is 24.3 Å². The standard InChI is InChI=1S/C23H31N3O4/c1-28-20-7-5-18(6-8-20)9-13-24-23(25-14-10-21-4-3-17-30-21)26-15-11-19(12-16-26)22(27)29-2/h3-8,17,19H,9-16H2,1-2H3,(H,24,25). The van der Waals surface area contributed by atoms with E-state index in [0.717, 1.165) is 62.8 Å². The van der Waals surface area contributed by atoms with Crippen molar-refractivity contribution >= 4 is 11.9 Å². The molecule has 0 spiro atoms. The molecule has 30 heavy (non-hydrogen) atoms. The lowest BCUT2D eigenvalue weighted by Gasteiger charge is -2.33. The second-order valence-electron chi connectivity index (χ2n) is 7.34. The number of carbonyl (C=O) groups excluding carboxylic acids is 1. The Morgan fingerprint density at radius 1 is 1.17 bits per heavy atom. The number of methoxy groups -OCH3 is 2. The van der Waals surface area contributed by atoms with Gasteiger partial charge in [-0.2, -0.15) is 0 Å². The maximum Gasteiger partial charge on any atom is 0.308 e. The molecule has 0 radical (unpaired) electrons. The fourth-order valence-corrected chi connectivity index (χ4v) is 3.60. The van der Waals surface area contributed by atoms with Crippen molar-refractivity contribution in [1.29, 1.82) is 0 Å². The van der Waals surface area contributed by atoms with E-state index in [2.05, 4.69) is 22.3 Å². The highest BCUT2D eigenvalue weighted by molar-refractivity contribution is 5.80. The molecule has 1 aromatic heterocycles. The summed E-state index contributed by atoms with van der Waals surface area (Å²) in [7, 11) is 3.13. The maximum atomic E-state index is 11.8. The summed E-state index contributed by atoms with van der Waals surface area (Å²) in [6.45, 7) is 3.00. The van der Waals surface area contributed by atoms with E-state index < -0.39 is 0 Å². The van der Waals surface area contributed by atoms with Gasteiger partial charge in [0.05, 0.1) is 26.4 Å². The third-order valence-electron chi connectivity index (χ3n) is 5.38. The van der Waals surface area contributed by atoms with Gasteiger partial charge in [0, 0.05) is 32.6 Å². The van der Waals surface area contributed by atoms with E-state index in [1.165, 1.54) is 12.7 Å². The van der Waals surface area contributed by atoms with Gasteiger partial charge in [0.25, 0.3) is 0 Å². The number of carbonyl (C=O) groups is 1. The predicted molar refractivity (Wildman–Crippen MR) is 116 cm³/mol. The highest BCUT2D eigenvalue weighted by Crippen LogP contribution is 2.18. The average molecular weight is 414 g/mol. The van der Waals surface area contributed by atoms with E-state index >= 15 is 0 Å². The minimum atomic E-state index is -0.113. The van der Waals surface area contributed by atoms with Gasteiger partial charge in [-0.1, -0.05) is 12.1 Å². The molecule has 0 bridgehead atoms. The molecule has 7 heteroatoms. The molecule has 1 N–H and O–H groups in total. The monoisotopic (exact) mass is 413 g/mol. The van der Waals surface area contributed by atoms with Crippen LogP contribution >= 0.6 is 0 Å². The Balaban J connectivity index is 1.56. The van der Waals surface area contributed by atoms with Crippen LogP contribution in [0.15, 0.2) is 52.1 Å². The first-order valence-electron chi connectivity index (χ1n) is 10.5. The van der Waals surface area contributed by atoms with Crippen LogP contribution in [0.25, 0.3) is 0 Å². The van der Waals surface area contributed by atoms with Crippen LogP contribution in [-0.4, -0.2) is 57.2 Å². The molecule has 162 valence electrons. The number of esters is 1. The second-order valence-corrected chi connectivity index (χ2v) is 7.34. The summed E-state index contributed by atoms with van der Waals surface area (Å²) in [5, 5.41) is 3.50. The van der Waals surface area contributed by atoms with Crippen LogP contribution in [-0.2, 0) is 22.4 Å². The molecule has 0 aliphatic carbocycles. The summed E-state index contributed by atoms with van der Waals surface area (Å²) < 4.78 is 15.5. The first-order chi connectivity index (χ1) is 14.7. The molecule has 0 unspecified atom stereocenters. The number of furan rings is 1. The van der Waals surface area contributed by atoms with Gasteiger partial charge in [0.2, 0.25) is 0 Å². The number of guanidine groups is 1. The number of piperidine rings is 1. The van der Waals surface area contributed by atoms with Gasteiger partial charge in [0.1, 0.15) is 11.5 Å². The number of hydrogen-bond acceptors (Lipinski definition) is 5. The van der Waals surface area contributed by atoms with Crippen LogP contribution in [0.5, 0.6) is 5.75 Å². The Kier molecular flexibility index (Phi) is 8.18. The van der Waals surface area contributed by atoms with Crippen LogP contribution in [0.3, 0.4) is 0 Å². The third-order valence-corrected chi connectivity index (χ3v) is 5.38. The van der Waals surface area contributed by atoms with Crippen LogP contribution in [0, 0.1) is 5.92 Å². The fourth-order valence-electron chi connectivity index (χ4n) is 3.60. The number of nitrogens with one attached hydrogen (secondary N) is 1. The number of nitrogens with zero attached hydrogens (tertiary/aromatic N) is 2. The average Bonchev–Trinajstić information content (AvgIpc) is 3.31. The Hall–Kier alpha value is -2.96. The normalized spacial score (nSPS) is 15.1. The van der Waals surface area contributed by atoms with Crippen molar-refractivity contribution in [3.63, 3.8) is 0 Å². The highest BCUT2D eigenvalue weighted by atomic mass is 16.5. The zero-order valence-corrected chi connectivity index (χ0v) is 17.8. The summed E-state index contributed by atoms with van der Waals surface area (Å²) in [6, 6.07) is 12.0. The van der Waals surface area contributed by atoms with Crippen molar-refractivity contribution in [3.8, 4) is 5.75 Å². The van der Waals surface area contributed by atoms with Crippen LogP contribution < -0.4 is 10.1 Å². The topological polar surface area (TPSA) is 76.3 Å². The predicted octanol–water partition coefficient (Wildman–Crippen LogP) is 2.90. The van der Waals surface area contributed by atoms with Crippen LogP contribution in [0.2, 0.25) is 0 Å². The van der Waals surface area contributed by atoms with E-state index in [4.69, 9.17) is 18.9 Å². The lowest BCUT2D eigenvalue weighted by atomic mass is 9.97. The molecule has 2 aromatic rings. The second kappa shape index (κ2) is 11.3. The largest absolute Gasteiger partial charge is 0.497 e. The van der Waals surface area contributed by atoms with Crippen molar-refractivity contribution in [2.75, 3.05) is 40.4 Å². The van der Waals surface area contributed by atoms with E-state index in [0.29, 0.717) is 6.54 Å². The van der Waals surface area contributed by atoms with Crippen molar-refractivity contribution in [2.45, 2.75) is 25.7 Å². The molecule has 1 saturated heterocycles. The van der Waals surface area contributed by atoms with Gasteiger partial charge in [-0.25, -0.2) is 0 Å². The van der Waals surface area contributed by atoms with Crippen molar-refractivity contribution in [1.82, 2.24) is 10.2 Å². The smallest absolute Gasteiger partial charge is 0.308 e. The molecule has 2 heterocycles. The Morgan fingerprint density at radius 3 is 2.57 bits per heavy atom. The summed E-state index contributed by atoms with van der Waals surface area (Å²) in [6.07, 6.45) is 4.90. The summed E-state index contributed by atoms with van der Waals surface area (Å²) in [5.74, 6) is 2.55. The Labute approximate surface area is 178 Å². The van der Waals surface area contributed by atoms with Gasteiger partial charge in [-0.3, -0.25) is 9.79 Å². The van der Waals surface area contributed by atoms with Gasteiger partial charge in [0.15, 0.2) is 5.96 Å². The van der Waals surface area contributed by atoms with Crippen molar-refractivity contribution in [2.24, 2.45) is 10.9 Å². The molecule has 0 atom stereocenters. The van der Waals surface area contributed by atoms with Gasteiger partial charge in [-0.05, 0) is 49.1 Å². The molecule has 3 rings (SSSR count). The number of aliphatic imine (C=N–C) groups is 1. The molecule has 1 aliphatic heterocycles. The Bertz CT molecular complexity index is 794. The molecular formula is C23H31N3O4. The van der Waals surface area contributed by atoms with Gasteiger partial charge >= 0.3 is 5.97 Å². The first kappa shape index (κ1) is 21.7. The summed E-state index contributed by atoms with van der Waals surface area (Å²) in [4.78, 5) is 18.9. The number of hydrogen-bond donors (Lipinski definition) is 1. The lowest BCUT2D eigenvalue weighted by Crippen LogP contribution is -2.47.